The van der Waals surface area contributed by atoms with E-state index in [-0.39, 0.29) is 0 Å². The summed E-state index contributed by atoms with van der Waals surface area (Å²) in [6, 6.07) is 11.3. The predicted molar refractivity (Wildman–Crippen MR) is 64.2 cm³/mol. The molecule has 0 aliphatic carbocycles. The summed E-state index contributed by atoms with van der Waals surface area (Å²) < 4.78 is 2.26. The van der Waals surface area contributed by atoms with Gasteiger partial charge in [0.15, 0.2) is 0 Å². The fraction of sp³-hybridized carbons (Fsp3) is 0.385. The van der Waals surface area contributed by atoms with E-state index in [0.717, 1.165) is 12.8 Å². The lowest BCUT2D eigenvalue weighted by Crippen LogP contribution is -2.27. The first-order chi connectivity index (χ1) is 7.35. The third-order valence-corrected chi connectivity index (χ3v) is 3.00. The maximum atomic E-state index is 3.34. The van der Waals surface area contributed by atoms with Crippen LogP contribution in [0.2, 0.25) is 0 Å². The molecule has 2 aromatic heterocycles. The Morgan fingerprint density at radius 3 is 2.80 bits per heavy atom. The van der Waals surface area contributed by atoms with Crippen LogP contribution in [0, 0.1) is 0 Å². The number of rotatable bonds is 4. The summed E-state index contributed by atoms with van der Waals surface area (Å²) >= 11 is 0. The molecule has 2 heteroatoms. The molecule has 0 aliphatic heterocycles. The van der Waals surface area contributed by atoms with Crippen LogP contribution in [0.25, 0.3) is 5.52 Å². The van der Waals surface area contributed by atoms with Crippen LogP contribution in [0.3, 0.4) is 0 Å². The maximum absolute atomic E-state index is 3.34. The van der Waals surface area contributed by atoms with Crippen molar-refractivity contribution in [2.75, 3.05) is 7.05 Å². The standard InChI is InChI=1S/C13H18N2/c1-3-11(14-2)10-13-7-4-6-12-8-5-9-15(12)13/h4-9,11,14H,3,10H2,1-2H3. The Bertz CT molecular complexity index is 427. The molecular weight excluding hydrogens is 184 g/mol. The molecule has 15 heavy (non-hydrogen) atoms. The zero-order valence-electron chi connectivity index (χ0n) is 9.40. The van der Waals surface area contributed by atoms with Crippen molar-refractivity contribution in [2.24, 2.45) is 0 Å². The zero-order chi connectivity index (χ0) is 10.7. The van der Waals surface area contributed by atoms with Crippen LogP contribution in [-0.2, 0) is 6.42 Å². The number of fused-ring (bicyclic) bond motifs is 1. The molecule has 2 rings (SSSR count). The van der Waals surface area contributed by atoms with Gasteiger partial charge in [0, 0.05) is 29.9 Å². The Morgan fingerprint density at radius 1 is 1.27 bits per heavy atom. The summed E-state index contributed by atoms with van der Waals surface area (Å²) in [6.45, 7) is 2.22. The van der Waals surface area contributed by atoms with Gasteiger partial charge < -0.3 is 9.72 Å². The van der Waals surface area contributed by atoms with E-state index in [4.69, 9.17) is 0 Å². The van der Waals surface area contributed by atoms with Gasteiger partial charge in [-0.3, -0.25) is 0 Å². The van der Waals surface area contributed by atoms with Gasteiger partial charge in [0.1, 0.15) is 0 Å². The molecule has 0 saturated heterocycles. The quantitative estimate of drug-likeness (QED) is 0.805. The third-order valence-electron chi connectivity index (χ3n) is 3.00. The van der Waals surface area contributed by atoms with E-state index in [2.05, 4.69) is 53.2 Å². The second-order valence-corrected chi connectivity index (χ2v) is 3.92. The number of likely N-dealkylation sites (N-methyl/N-ethyl adjacent to an activating group) is 1. The second-order valence-electron chi connectivity index (χ2n) is 3.92. The summed E-state index contributed by atoms with van der Waals surface area (Å²) in [5.41, 5.74) is 2.65. The molecule has 0 spiro atoms. The Hall–Kier alpha value is -1.28. The fourth-order valence-electron chi connectivity index (χ4n) is 2.00. The van der Waals surface area contributed by atoms with Crippen molar-refractivity contribution in [3.8, 4) is 0 Å². The van der Waals surface area contributed by atoms with E-state index in [0.29, 0.717) is 6.04 Å². The molecule has 1 atom stereocenters. The molecule has 2 aromatic rings. The van der Waals surface area contributed by atoms with Gasteiger partial charge in [-0.25, -0.2) is 0 Å². The van der Waals surface area contributed by atoms with E-state index >= 15 is 0 Å². The Kier molecular flexibility index (Phi) is 3.07. The molecule has 1 N–H and O–H groups in total. The highest BCUT2D eigenvalue weighted by atomic mass is 14.9. The lowest BCUT2D eigenvalue weighted by atomic mass is 10.1. The summed E-state index contributed by atoms with van der Waals surface area (Å²) in [5.74, 6) is 0. The molecule has 0 fully saturated rings. The lowest BCUT2D eigenvalue weighted by Gasteiger charge is -2.15. The zero-order valence-corrected chi connectivity index (χ0v) is 9.40. The normalized spacial score (nSPS) is 13.2. The van der Waals surface area contributed by atoms with Crippen molar-refractivity contribution in [3.05, 3.63) is 42.2 Å². The minimum absolute atomic E-state index is 0.568. The highest BCUT2D eigenvalue weighted by Gasteiger charge is 2.06. The van der Waals surface area contributed by atoms with Crippen LogP contribution in [0.1, 0.15) is 19.0 Å². The molecule has 2 heterocycles. The van der Waals surface area contributed by atoms with Crippen LogP contribution < -0.4 is 5.32 Å². The van der Waals surface area contributed by atoms with Crippen molar-refractivity contribution >= 4 is 5.52 Å². The smallest absolute Gasteiger partial charge is 0.0452 e. The van der Waals surface area contributed by atoms with E-state index in [1.54, 1.807) is 0 Å². The molecule has 80 valence electrons. The maximum Gasteiger partial charge on any atom is 0.0452 e. The highest BCUT2D eigenvalue weighted by Crippen LogP contribution is 2.11. The van der Waals surface area contributed by atoms with Crippen LogP contribution in [0.4, 0.5) is 0 Å². The second kappa shape index (κ2) is 4.49. The van der Waals surface area contributed by atoms with Crippen molar-refractivity contribution in [1.29, 1.82) is 0 Å². The van der Waals surface area contributed by atoms with Crippen molar-refractivity contribution < 1.29 is 0 Å². The summed E-state index contributed by atoms with van der Waals surface area (Å²) in [6.07, 6.45) is 4.38. The number of pyridine rings is 1. The van der Waals surface area contributed by atoms with Crippen LogP contribution in [0.5, 0.6) is 0 Å². The first-order valence-corrected chi connectivity index (χ1v) is 5.57. The fourth-order valence-corrected chi connectivity index (χ4v) is 2.00. The molecule has 1 unspecified atom stereocenters. The Labute approximate surface area is 90.9 Å². The van der Waals surface area contributed by atoms with E-state index in [1.807, 2.05) is 7.05 Å². The molecule has 0 aliphatic rings. The molecule has 0 saturated carbocycles. The Morgan fingerprint density at radius 2 is 2.07 bits per heavy atom. The van der Waals surface area contributed by atoms with Crippen molar-refractivity contribution in [1.82, 2.24) is 9.72 Å². The van der Waals surface area contributed by atoms with Gasteiger partial charge in [0.05, 0.1) is 0 Å². The lowest BCUT2D eigenvalue weighted by molar-refractivity contribution is 0.535. The SMILES string of the molecule is CCC(Cc1cccc2cccn12)NC. The predicted octanol–water partition coefficient (Wildman–Crippen LogP) is 2.48. The summed E-state index contributed by atoms with van der Waals surface area (Å²) in [4.78, 5) is 0. The van der Waals surface area contributed by atoms with E-state index in [1.165, 1.54) is 11.2 Å². The largest absolute Gasteiger partial charge is 0.321 e. The average molecular weight is 202 g/mol. The van der Waals surface area contributed by atoms with Crippen LogP contribution >= 0.6 is 0 Å². The van der Waals surface area contributed by atoms with E-state index in [9.17, 15) is 0 Å². The number of hydrogen-bond acceptors (Lipinski definition) is 1. The number of hydrogen-bond donors (Lipinski definition) is 1. The molecule has 0 bridgehead atoms. The van der Waals surface area contributed by atoms with E-state index < -0.39 is 0 Å². The molecule has 2 nitrogen and oxygen atoms in total. The van der Waals surface area contributed by atoms with Crippen LogP contribution in [0.15, 0.2) is 36.5 Å². The summed E-state index contributed by atoms with van der Waals surface area (Å²) in [5, 5.41) is 3.34. The van der Waals surface area contributed by atoms with Gasteiger partial charge >= 0.3 is 0 Å². The van der Waals surface area contributed by atoms with Gasteiger partial charge in [0.2, 0.25) is 0 Å². The van der Waals surface area contributed by atoms with Gasteiger partial charge in [-0.2, -0.15) is 0 Å². The molecule has 0 aromatic carbocycles. The number of nitrogens with zero attached hydrogens (tertiary/aromatic N) is 1. The summed E-state index contributed by atoms with van der Waals surface area (Å²) in [7, 11) is 2.03. The number of nitrogens with one attached hydrogen (secondary N) is 1. The minimum atomic E-state index is 0.568. The molecule has 0 amide bonds. The average Bonchev–Trinajstić information content (AvgIpc) is 2.74. The van der Waals surface area contributed by atoms with Gasteiger partial charge in [-0.15, -0.1) is 0 Å². The first kappa shape index (κ1) is 10.2. The first-order valence-electron chi connectivity index (χ1n) is 5.57. The number of aromatic nitrogens is 1. The van der Waals surface area contributed by atoms with Gasteiger partial charge in [0.25, 0.3) is 0 Å². The van der Waals surface area contributed by atoms with Gasteiger partial charge in [-0.05, 0) is 37.7 Å². The third kappa shape index (κ3) is 2.05. The molecule has 0 radical (unpaired) electrons. The van der Waals surface area contributed by atoms with Crippen LogP contribution in [-0.4, -0.2) is 17.5 Å². The Balaban J connectivity index is 2.30. The topological polar surface area (TPSA) is 16.4 Å². The highest BCUT2D eigenvalue weighted by molar-refractivity contribution is 5.48. The molecular formula is C13H18N2. The monoisotopic (exact) mass is 202 g/mol. The minimum Gasteiger partial charge on any atom is -0.321 e. The van der Waals surface area contributed by atoms with Gasteiger partial charge in [-0.1, -0.05) is 13.0 Å². The van der Waals surface area contributed by atoms with Crippen molar-refractivity contribution in [2.45, 2.75) is 25.8 Å². The van der Waals surface area contributed by atoms with Crippen molar-refractivity contribution in [3.63, 3.8) is 0 Å².